The van der Waals surface area contributed by atoms with Gasteiger partial charge in [-0.05, 0) is 36.2 Å². The van der Waals surface area contributed by atoms with Gasteiger partial charge in [-0.3, -0.25) is 10.1 Å². The molecule has 0 atom stereocenters. The van der Waals surface area contributed by atoms with E-state index < -0.39 is 14.9 Å². The summed E-state index contributed by atoms with van der Waals surface area (Å²) >= 11 is 0. The number of rotatable bonds is 5. The average molecular weight is 331 g/mol. The predicted octanol–water partition coefficient (Wildman–Crippen LogP) is 2.25. The van der Waals surface area contributed by atoms with E-state index in [2.05, 4.69) is 4.72 Å². The molecule has 2 aromatic rings. The lowest BCUT2D eigenvalue weighted by Gasteiger charge is -2.09. The van der Waals surface area contributed by atoms with Gasteiger partial charge in [0.15, 0.2) is 0 Å². The van der Waals surface area contributed by atoms with Gasteiger partial charge in [0.25, 0.3) is 5.69 Å². The van der Waals surface area contributed by atoms with Gasteiger partial charge in [0.05, 0.1) is 21.5 Å². The highest BCUT2D eigenvalue weighted by molar-refractivity contribution is 7.89. The maximum absolute atomic E-state index is 12.3. The van der Waals surface area contributed by atoms with Crippen LogP contribution in [0.15, 0.2) is 47.4 Å². The molecule has 2 aromatic carbocycles. The molecule has 0 radical (unpaired) electrons. The fraction of sp³-hybridized carbons (Fsp3) is 0.133. The summed E-state index contributed by atoms with van der Waals surface area (Å²) in [5.41, 5.74) is 1.21. The molecule has 0 saturated heterocycles. The first-order valence-electron chi connectivity index (χ1n) is 6.57. The molecule has 1 N–H and O–H groups in total. The van der Waals surface area contributed by atoms with E-state index in [1.165, 1.54) is 19.1 Å². The number of nitrogens with one attached hydrogen (secondary N) is 1. The molecule has 0 aliphatic carbocycles. The molecule has 0 aliphatic rings. The Bertz CT molecular complexity index is 901. The van der Waals surface area contributed by atoms with Crippen LogP contribution in [0.2, 0.25) is 0 Å². The Hall–Kier alpha value is -2.76. The minimum absolute atomic E-state index is 0.0143. The molecule has 0 bridgehead atoms. The normalized spacial score (nSPS) is 11.0. The van der Waals surface area contributed by atoms with Crippen LogP contribution in [0.25, 0.3) is 0 Å². The Balaban J connectivity index is 2.22. The molecule has 23 heavy (non-hydrogen) atoms. The molecule has 0 spiro atoms. The Morgan fingerprint density at radius 3 is 2.61 bits per heavy atom. The fourth-order valence-electron chi connectivity index (χ4n) is 2.06. The van der Waals surface area contributed by atoms with E-state index in [0.717, 1.165) is 6.07 Å². The summed E-state index contributed by atoms with van der Waals surface area (Å²) in [5, 5.41) is 19.5. The molecule has 0 saturated carbocycles. The van der Waals surface area contributed by atoms with Crippen molar-refractivity contribution in [1.82, 2.24) is 4.72 Å². The van der Waals surface area contributed by atoms with Gasteiger partial charge in [0.2, 0.25) is 10.0 Å². The number of aryl methyl sites for hydroxylation is 1. The van der Waals surface area contributed by atoms with Gasteiger partial charge in [-0.1, -0.05) is 12.1 Å². The highest BCUT2D eigenvalue weighted by atomic mass is 32.2. The Morgan fingerprint density at radius 1 is 1.26 bits per heavy atom. The van der Waals surface area contributed by atoms with Crippen molar-refractivity contribution < 1.29 is 13.3 Å². The molecular weight excluding hydrogens is 318 g/mol. The highest BCUT2D eigenvalue weighted by Crippen LogP contribution is 2.21. The summed E-state index contributed by atoms with van der Waals surface area (Å²) in [6, 6.07) is 12.1. The van der Waals surface area contributed by atoms with Crippen molar-refractivity contribution in [2.45, 2.75) is 18.4 Å². The number of nitro groups is 1. The van der Waals surface area contributed by atoms with E-state index in [4.69, 9.17) is 5.26 Å². The van der Waals surface area contributed by atoms with Crippen LogP contribution >= 0.6 is 0 Å². The first-order valence-corrected chi connectivity index (χ1v) is 8.05. The topological polar surface area (TPSA) is 113 Å². The minimum Gasteiger partial charge on any atom is -0.258 e. The number of hydrogen-bond acceptors (Lipinski definition) is 5. The predicted molar refractivity (Wildman–Crippen MR) is 83.0 cm³/mol. The van der Waals surface area contributed by atoms with Crippen LogP contribution in [0.5, 0.6) is 0 Å². The molecular formula is C15H13N3O4S. The van der Waals surface area contributed by atoms with E-state index in [-0.39, 0.29) is 22.7 Å². The third-order valence-electron chi connectivity index (χ3n) is 3.18. The van der Waals surface area contributed by atoms with Gasteiger partial charge < -0.3 is 0 Å². The van der Waals surface area contributed by atoms with Crippen molar-refractivity contribution in [3.05, 3.63) is 69.3 Å². The number of benzene rings is 2. The number of nitro benzene ring substituents is 1. The minimum atomic E-state index is -3.81. The second-order valence-electron chi connectivity index (χ2n) is 4.84. The van der Waals surface area contributed by atoms with Crippen LogP contribution in [0, 0.1) is 28.4 Å². The standard InChI is InChI=1S/C15H13N3O4S/c1-11-7-14(18(19)20)5-6-15(11)23(21,22)17-10-13-4-2-3-12(8-13)9-16/h2-8,17H,10H2,1H3. The zero-order valence-electron chi connectivity index (χ0n) is 12.2. The van der Waals surface area contributed by atoms with E-state index in [1.807, 2.05) is 6.07 Å². The summed E-state index contributed by atoms with van der Waals surface area (Å²) in [7, 11) is -3.81. The van der Waals surface area contributed by atoms with E-state index in [1.54, 1.807) is 24.3 Å². The molecule has 0 heterocycles. The largest absolute Gasteiger partial charge is 0.269 e. The van der Waals surface area contributed by atoms with Gasteiger partial charge in [0, 0.05) is 18.7 Å². The maximum atomic E-state index is 12.3. The van der Waals surface area contributed by atoms with Crippen LogP contribution in [-0.4, -0.2) is 13.3 Å². The van der Waals surface area contributed by atoms with Crippen molar-refractivity contribution in [3.8, 4) is 6.07 Å². The summed E-state index contributed by atoms with van der Waals surface area (Å²) in [5.74, 6) is 0. The molecule has 0 amide bonds. The molecule has 8 heteroatoms. The van der Waals surface area contributed by atoms with Crippen molar-refractivity contribution in [2.75, 3.05) is 0 Å². The molecule has 118 valence electrons. The quantitative estimate of drug-likeness (QED) is 0.667. The fourth-order valence-corrected chi connectivity index (χ4v) is 3.30. The summed E-state index contributed by atoms with van der Waals surface area (Å²) in [4.78, 5) is 10.1. The summed E-state index contributed by atoms with van der Waals surface area (Å²) in [6.07, 6.45) is 0. The summed E-state index contributed by atoms with van der Waals surface area (Å²) < 4.78 is 27.1. The van der Waals surface area contributed by atoms with Gasteiger partial charge in [-0.15, -0.1) is 0 Å². The first-order chi connectivity index (χ1) is 10.8. The van der Waals surface area contributed by atoms with Crippen molar-refractivity contribution in [3.63, 3.8) is 0 Å². The lowest BCUT2D eigenvalue weighted by Crippen LogP contribution is -2.24. The molecule has 0 aromatic heterocycles. The zero-order chi connectivity index (χ0) is 17.0. The number of non-ortho nitro benzene ring substituents is 1. The van der Waals surface area contributed by atoms with Crippen LogP contribution in [0.3, 0.4) is 0 Å². The molecule has 0 fully saturated rings. The molecule has 0 unspecified atom stereocenters. The highest BCUT2D eigenvalue weighted by Gasteiger charge is 2.19. The third kappa shape index (κ3) is 3.91. The zero-order valence-corrected chi connectivity index (χ0v) is 13.0. The Morgan fingerprint density at radius 2 is 2.00 bits per heavy atom. The molecule has 7 nitrogen and oxygen atoms in total. The smallest absolute Gasteiger partial charge is 0.258 e. The number of nitrogens with zero attached hydrogens (tertiary/aromatic N) is 2. The lowest BCUT2D eigenvalue weighted by molar-refractivity contribution is -0.385. The second-order valence-corrected chi connectivity index (χ2v) is 6.58. The number of sulfonamides is 1. The molecule has 2 rings (SSSR count). The monoisotopic (exact) mass is 331 g/mol. The van der Waals surface area contributed by atoms with Gasteiger partial charge in [0.1, 0.15) is 0 Å². The van der Waals surface area contributed by atoms with Crippen molar-refractivity contribution in [1.29, 1.82) is 5.26 Å². The summed E-state index contributed by atoms with van der Waals surface area (Å²) in [6.45, 7) is 1.52. The average Bonchev–Trinajstić information content (AvgIpc) is 2.53. The second kappa shape index (κ2) is 6.56. The van der Waals surface area contributed by atoms with Crippen LogP contribution in [0.1, 0.15) is 16.7 Å². The van der Waals surface area contributed by atoms with Gasteiger partial charge in [-0.2, -0.15) is 5.26 Å². The van der Waals surface area contributed by atoms with E-state index >= 15 is 0 Å². The Kier molecular flexibility index (Phi) is 4.74. The molecule has 0 aliphatic heterocycles. The van der Waals surface area contributed by atoms with Gasteiger partial charge >= 0.3 is 0 Å². The van der Waals surface area contributed by atoms with Crippen molar-refractivity contribution >= 4 is 15.7 Å². The van der Waals surface area contributed by atoms with Crippen molar-refractivity contribution in [2.24, 2.45) is 0 Å². The number of hydrogen-bond donors (Lipinski definition) is 1. The number of nitriles is 1. The van der Waals surface area contributed by atoms with Crippen LogP contribution in [0.4, 0.5) is 5.69 Å². The Labute approximate surface area is 133 Å². The first kappa shape index (κ1) is 16.6. The van der Waals surface area contributed by atoms with Crippen LogP contribution < -0.4 is 4.72 Å². The third-order valence-corrected chi connectivity index (χ3v) is 4.74. The maximum Gasteiger partial charge on any atom is 0.269 e. The van der Waals surface area contributed by atoms with E-state index in [9.17, 15) is 18.5 Å². The lowest BCUT2D eigenvalue weighted by atomic mass is 10.1. The van der Waals surface area contributed by atoms with E-state index in [0.29, 0.717) is 11.1 Å². The van der Waals surface area contributed by atoms with Crippen LogP contribution in [-0.2, 0) is 16.6 Å². The SMILES string of the molecule is Cc1cc([N+](=O)[O-])ccc1S(=O)(=O)NCc1cccc(C#N)c1. The van der Waals surface area contributed by atoms with Gasteiger partial charge in [-0.25, -0.2) is 13.1 Å².